The number of ether oxygens (including phenoxy) is 1. The average Bonchev–Trinajstić information content (AvgIpc) is 3.21. The largest absolute Gasteiger partial charge is 0.486 e. The molecule has 0 saturated carbocycles. The number of terminal acetylenes is 1. The minimum absolute atomic E-state index is 0.0762. The summed E-state index contributed by atoms with van der Waals surface area (Å²) in [5, 5.41) is 17.4. The Balaban J connectivity index is 1.42. The fourth-order valence-electron chi connectivity index (χ4n) is 2.29. The predicted molar refractivity (Wildman–Crippen MR) is 90.7 cm³/mol. The van der Waals surface area contributed by atoms with Gasteiger partial charge in [-0.2, -0.15) is 15.3 Å². The first kappa shape index (κ1) is 16.6. The van der Waals surface area contributed by atoms with Crippen LogP contribution in [0.4, 0.5) is 5.69 Å². The Morgan fingerprint density at radius 1 is 1.28 bits per heavy atom. The third-order valence-corrected chi connectivity index (χ3v) is 3.78. The van der Waals surface area contributed by atoms with Crippen molar-refractivity contribution in [2.45, 2.75) is 38.0 Å². The highest BCUT2D eigenvalue weighted by atomic mass is 16.5. The predicted octanol–water partition coefficient (Wildman–Crippen LogP) is 2.68. The number of hydrogen-bond donors (Lipinski definition) is 2. The fraction of sp³-hybridized carbons (Fsp3) is 0.353. The Bertz CT molecular complexity index is 770. The standard InChI is InChI=1S/C17H18N6O2/c1-2-3-9-17(22-23-17)10-8-16(24)20-13-4-6-14(7-5-13)25-11-15-18-12-19-21-15/h1,4-7,12H,3,8-11H2,(H,20,24)(H,18,19,21). The zero-order valence-corrected chi connectivity index (χ0v) is 13.6. The zero-order chi connectivity index (χ0) is 17.5. The molecule has 8 heteroatoms. The summed E-state index contributed by atoms with van der Waals surface area (Å²) in [5.41, 5.74) is 0.279. The van der Waals surface area contributed by atoms with E-state index in [9.17, 15) is 4.79 Å². The van der Waals surface area contributed by atoms with Gasteiger partial charge in [0.2, 0.25) is 5.91 Å². The van der Waals surface area contributed by atoms with E-state index in [4.69, 9.17) is 11.2 Å². The molecule has 2 heterocycles. The number of nitrogens with zero attached hydrogens (tertiary/aromatic N) is 4. The highest BCUT2D eigenvalue weighted by molar-refractivity contribution is 5.90. The highest BCUT2D eigenvalue weighted by Crippen LogP contribution is 2.37. The SMILES string of the molecule is C#CCCC1(CCC(=O)Nc2ccc(OCc3ncn[nH]3)cc2)N=N1. The lowest BCUT2D eigenvalue weighted by Gasteiger charge is -2.10. The van der Waals surface area contributed by atoms with Gasteiger partial charge >= 0.3 is 0 Å². The number of rotatable bonds is 9. The van der Waals surface area contributed by atoms with E-state index in [1.165, 1.54) is 6.33 Å². The molecule has 1 aromatic carbocycles. The third kappa shape index (κ3) is 4.88. The molecule has 0 spiro atoms. The van der Waals surface area contributed by atoms with Crippen LogP contribution < -0.4 is 10.1 Å². The Hall–Kier alpha value is -3.21. The zero-order valence-electron chi connectivity index (χ0n) is 13.6. The number of carbonyl (C=O) groups excluding carboxylic acids is 1. The summed E-state index contributed by atoms with van der Waals surface area (Å²) in [4.78, 5) is 16.0. The summed E-state index contributed by atoms with van der Waals surface area (Å²) in [5.74, 6) is 3.82. The number of aromatic amines is 1. The van der Waals surface area contributed by atoms with Crippen LogP contribution in [0.3, 0.4) is 0 Å². The summed E-state index contributed by atoms with van der Waals surface area (Å²) in [7, 11) is 0. The molecule has 8 nitrogen and oxygen atoms in total. The van der Waals surface area contributed by atoms with Gasteiger partial charge in [0.05, 0.1) is 0 Å². The maximum absolute atomic E-state index is 12.0. The lowest BCUT2D eigenvalue weighted by Crippen LogP contribution is -2.17. The number of aromatic nitrogens is 3. The van der Waals surface area contributed by atoms with Gasteiger partial charge < -0.3 is 10.1 Å². The van der Waals surface area contributed by atoms with Crippen LogP contribution in [0.5, 0.6) is 5.75 Å². The van der Waals surface area contributed by atoms with Crippen LogP contribution in [0, 0.1) is 12.3 Å². The van der Waals surface area contributed by atoms with Crippen molar-refractivity contribution in [2.75, 3.05) is 5.32 Å². The smallest absolute Gasteiger partial charge is 0.224 e. The van der Waals surface area contributed by atoms with E-state index in [1.54, 1.807) is 24.3 Å². The lowest BCUT2D eigenvalue weighted by molar-refractivity contribution is -0.116. The van der Waals surface area contributed by atoms with Gasteiger partial charge in [-0.1, -0.05) is 0 Å². The van der Waals surface area contributed by atoms with Gasteiger partial charge in [-0.15, -0.1) is 12.3 Å². The first-order valence-corrected chi connectivity index (χ1v) is 7.94. The van der Waals surface area contributed by atoms with Gasteiger partial charge in [-0.05, 0) is 24.3 Å². The molecule has 1 aromatic heterocycles. The molecule has 2 N–H and O–H groups in total. The number of benzene rings is 1. The van der Waals surface area contributed by atoms with Gasteiger partial charge in [-0.25, -0.2) is 4.98 Å². The molecule has 1 aliphatic rings. The maximum atomic E-state index is 12.0. The van der Waals surface area contributed by atoms with E-state index in [2.05, 4.69) is 36.6 Å². The van der Waals surface area contributed by atoms with Crippen molar-refractivity contribution in [1.82, 2.24) is 15.2 Å². The van der Waals surface area contributed by atoms with Crippen molar-refractivity contribution in [3.8, 4) is 18.1 Å². The Morgan fingerprint density at radius 3 is 2.72 bits per heavy atom. The maximum Gasteiger partial charge on any atom is 0.224 e. The van der Waals surface area contributed by atoms with Gasteiger partial charge in [0, 0.05) is 31.4 Å². The molecule has 0 fully saturated rings. The molecular weight excluding hydrogens is 320 g/mol. The van der Waals surface area contributed by atoms with Crippen LogP contribution >= 0.6 is 0 Å². The first-order chi connectivity index (χ1) is 12.2. The molecule has 0 atom stereocenters. The van der Waals surface area contributed by atoms with Gasteiger partial charge in [0.1, 0.15) is 18.7 Å². The number of carbonyl (C=O) groups is 1. The van der Waals surface area contributed by atoms with Gasteiger partial charge in [0.25, 0.3) is 0 Å². The normalized spacial score (nSPS) is 13.9. The molecular formula is C17H18N6O2. The summed E-state index contributed by atoms with van der Waals surface area (Å²) in [6, 6.07) is 7.14. The number of nitrogens with one attached hydrogen (secondary N) is 2. The summed E-state index contributed by atoms with van der Waals surface area (Å²) < 4.78 is 5.56. The molecule has 0 aliphatic carbocycles. The number of amides is 1. The van der Waals surface area contributed by atoms with Crippen molar-refractivity contribution in [3.63, 3.8) is 0 Å². The second-order valence-corrected chi connectivity index (χ2v) is 5.68. The lowest BCUT2D eigenvalue weighted by atomic mass is 10.0. The number of H-pyrrole nitrogens is 1. The van der Waals surface area contributed by atoms with Crippen LogP contribution in [-0.4, -0.2) is 26.8 Å². The summed E-state index contributed by atoms with van der Waals surface area (Å²) in [6.45, 7) is 0.304. The number of hydrogen-bond acceptors (Lipinski definition) is 6. The van der Waals surface area contributed by atoms with Crippen molar-refractivity contribution in [1.29, 1.82) is 0 Å². The summed E-state index contributed by atoms with van der Waals surface area (Å²) >= 11 is 0. The molecule has 0 saturated heterocycles. The summed E-state index contributed by atoms with van der Waals surface area (Å²) in [6.07, 6.45) is 8.93. The molecule has 128 valence electrons. The monoisotopic (exact) mass is 338 g/mol. The Labute approximate surface area is 145 Å². The van der Waals surface area contributed by atoms with Crippen molar-refractivity contribution >= 4 is 11.6 Å². The molecule has 0 radical (unpaired) electrons. The minimum atomic E-state index is -0.428. The third-order valence-electron chi connectivity index (χ3n) is 3.78. The van der Waals surface area contributed by atoms with Gasteiger partial charge in [0.15, 0.2) is 11.5 Å². The second-order valence-electron chi connectivity index (χ2n) is 5.68. The molecule has 0 unspecified atom stereocenters. The van der Waals surface area contributed by atoms with Crippen molar-refractivity contribution in [2.24, 2.45) is 10.2 Å². The molecule has 1 amide bonds. The van der Waals surface area contributed by atoms with E-state index in [-0.39, 0.29) is 5.91 Å². The topological polar surface area (TPSA) is 105 Å². The average molecular weight is 338 g/mol. The fourth-order valence-corrected chi connectivity index (χ4v) is 2.29. The van der Waals surface area contributed by atoms with Crippen molar-refractivity contribution in [3.05, 3.63) is 36.4 Å². The quantitative estimate of drug-likeness (QED) is 0.686. The van der Waals surface area contributed by atoms with Crippen LogP contribution in [0.1, 0.15) is 31.5 Å². The van der Waals surface area contributed by atoms with E-state index in [1.807, 2.05) is 0 Å². The van der Waals surface area contributed by atoms with Crippen LogP contribution in [-0.2, 0) is 11.4 Å². The van der Waals surface area contributed by atoms with Crippen LogP contribution in [0.2, 0.25) is 0 Å². The molecule has 1 aliphatic heterocycles. The minimum Gasteiger partial charge on any atom is -0.486 e. The molecule has 3 rings (SSSR count). The molecule has 0 bridgehead atoms. The van der Waals surface area contributed by atoms with E-state index >= 15 is 0 Å². The van der Waals surface area contributed by atoms with Gasteiger partial charge in [-0.3, -0.25) is 9.89 Å². The molecule has 2 aromatic rings. The molecule has 25 heavy (non-hydrogen) atoms. The number of anilines is 1. The van der Waals surface area contributed by atoms with Crippen LogP contribution in [0.25, 0.3) is 0 Å². The Kier molecular flexibility index (Phi) is 5.04. The van der Waals surface area contributed by atoms with Crippen LogP contribution in [0.15, 0.2) is 40.8 Å². The highest BCUT2D eigenvalue weighted by Gasteiger charge is 2.39. The Morgan fingerprint density at radius 2 is 2.08 bits per heavy atom. The van der Waals surface area contributed by atoms with E-state index < -0.39 is 5.66 Å². The second kappa shape index (κ2) is 7.57. The first-order valence-electron chi connectivity index (χ1n) is 7.94. The van der Waals surface area contributed by atoms with E-state index in [0.29, 0.717) is 49.6 Å². The van der Waals surface area contributed by atoms with E-state index in [0.717, 1.165) is 0 Å². The van der Waals surface area contributed by atoms with Crippen molar-refractivity contribution < 1.29 is 9.53 Å².